The van der Waals surface area contributed by atoms with Crippen LogP contribution >= 0.6 is 12.2 Å². The molecule has 0 saturated carbocycles. The molecule has 0 N–H and O–H groups in total. The third-order valence-corrected chi connectivity index (χ3v) is 0. The fraction of sp³-hybridized carbons (Fsp3) is 0. The summed E-state index contributed by atoms with van der Waals surface area (Å²) in [6, 6.07) is 0. The van der Waals surface area contributed by atoms with Crippen molar-refractivity contribution < 1.29 is 4.21 Å². The van der Waals surface area contributed by atoms with Crippen LogP contribution in [0.25, 0.3) is 0 Å². The van der Waals surface area contributed by atoms with Crippen molar-refractivity contribution in [3.63, 3.8) is 0 Å². The van der Waals surface area contributed by atoms with E-state index in [2.05, 4.69) is 30.6 Å². The second-order valence-corrected chi connectivity index (χ2v) is 0. The van der Waals surface area contributed by atoms with Crippen molar-refractivity contribution in [2.45, 2.75) is 0 Å². The average molecular weight is 94.2 g/mol. The Hall–Kier alpha value is 0.110. The van der Waals surface area contributed by atoms with E-state index in [4.69, 9.17) is 4.21 Å². The van der Waals surface area contributed by atoms with Crippen molar-refractivity contribution >= 4 is 30.6 Å². The first-order valence-electron chi connectivity index (χ1n) is 0.455. The second-order valence-electron chi connectivity index (χ2n) is 0. The SMILES string of the molecule is C=S.O=S. The van der Waals surface area contributed by atoms with Crippen molar-refractivity contribution in [1.82, 2.24) is 0 Å². The summed E-state index contributed by atoms with van der Waals surface area (Å²) in [6.45, 7) is 0. The summed E-state index contributed by atoms with van der Waals surface area (Å²) in [5.74, 6) is 2.83. The zero-order valence-electron chi connectivity index (χ0n) is 1.93. The lowest BCUT2D eigenvalue weighted by molar-refractivity contribution is 0.702. The highest BCUT2D eigenvalue weighted by atomic mass is 32.1. The van der Waals surface area contributed by atoms with E-state index in [1.165, 1.54) is 0 Å². The lowest BCUT2D eigenvalue weighted by atomic mass is 12.0. The maximum absolute atomic E-state index is 7.83. The Labute approximate surface area is 35.5 Å². The molecule has 0 fully saturated rings. The minimum Gasteiger partial charge on any atom is -0.197 e. The van der Waals surface area contributed by atoms with Crippen LogP contribution < -0.4 is 0 Å². The Morgan fingerprint density at radius 2 is 1.25 bits per heavy atom. The summed E-state index contributed by atoms with van der Waals surface area (Å²) in [4.78, 5) is 0. The van der Waals surface area contributed by atoms with Crippen LogP contribution in [-0.2, 0) is 12.5 Å². The van der Waals surface area contributed by atoms with Gasteiger partial charge in [0.25, 0.3) is 0 Å². The molecule has 0 aromatic heterocycles. The first-order chi connectivity index (χ1) is 2.00. The van der Waals surface area contributed by atoms with Gasteiger partial charge in [0, 0.05) is 0 Å². The summed E-state index contributed by atoms with van der Waals surface area (Å²) in [6.07, 6.45) is 0. The second kappa shape index (κ2) is 1140. The molecule has 3 heteroatoms. The van der Waals surface area contributed by atoms with Crippen LogP contribution in [0, 0.1) is 0 Å². The molecule has 24 valence electrons. The largest absolute Gasteiger partial charge is 0.197 e. The summed E-state index contributed by atoms with van der Waals surface area (Å²) in [7, 11) is 0. The zero-order valence-corrected chi connectivity index (χ0v) is 3.56. The van der Waals surface area contributed by atoms with Gasteiger partial charge in [-0.05, 0) is 5.87 Å². The molecular weight excluding hydrogens is 92.1 g/mol. The molecule has 0 heterocycles. The van der Waals surface area contributed by atoms with Gasteiger partial charge >= 0.3 is 0 Å². The lowest BCUT2D eigenvalue weighted by Gasteiger charge is -0.774. The molecule has 0 aliphatic heterocycles. The van der Waals surface area contributed by atoms with Gasteiger partial charge in [0.1, 0.15) is 0 Å². The van der Waals surface area contributed by atoms with Gasteiger partial charge in [-0.3, -0.25) is 0 Å². The standard InChI is InChI=1S/CH2S.OS/c2*1-2/h1H2;. The van der Waals surface area contributed by atoms with Crippen LogP contribution in [0.1, 0.15) is 0 Å². The molecular formula is CH2OS2. The van der Waals surface area contributed by atoms with E-state index in [0.29, 0.717) is 0 Å². The molecule has 0 aromatic carbocycles. The van der Waals surface area contributed by atoms with Gasteiger partial charge in [-0.1, -0.05) is 12.2 Å². The fourth-order valence-corrected chi connectivity index (χ4v) is 0. The van der Waals surface area contributed by atoms with Crippen molar-refractivity contribution in [2.75, 3.05) is 0 Å². The zero-order chi connectivity index (χ0) is 4.00. The Balaban J connectivity index is 0. The van der Waals surface area contributed by atoms with Crippen LogP contribution in [0.5, 0.6) is 0 Å². The van der Waals surface area contributed by atoms with Gasteiger partial charge in [0.15, 0.2) is 12.5 Å². The fourth-order valence-electron chi connectivity index (χ4n) is 0. The molecule has 0 aliphatic rings. The Morgan fingerprint density at radius 3 is 1.25 bits per heavy atom. The third kappa shape index (κ3) is 215. The minimum absolute atomic E-state index is 2.83. The number of rotatable bonds is 0. The van der Waals surface area contributed by atoms with E-state index in [0.717, 1.165) is 0 Å². The Morgan fingerprint density at radius 1 is 1.25 bits per heavy atom. The van der Waals surface area contributed by atoms with Crippen LogP contribution in [0.2, 0.25) is 0 Å². The molecule has 0 aliphatic carbocycles. The van der Waals surface area contributed by atoms with Crippen molar-refractivity contribution in [3.05, 3.63) is 0 Å². The maximum atomic E-state index is 7.83. The first-order valence-corrected chi connectivity index (χ1v) is 1.37. The molecule has 0 aromatic rings. The normalized spacial score (nSPS) is 2.00. The third-order valence-electron chi connectivity index (χ3n) is 0. The topological polar surface area (TPSA) is 17.1 Å². The van der Waals surface area contributed by atoms with E-state index in [-0.39, 0.29) is 0 Å². The van der Waals surface area contributed by atoms with Crippen molar-refractivity contribution in [3.8, 4) is 0 Å². The van der Waals surface area contributed by atoms with Gasteiger partial charge in [0.05, 0.1) is 0 Å². The van der Waals surface area contributed by atoms with E-state index < -0.39 is 0 Å². The number of hydrogen-bond donors (Lipinski definition) is 0. The molecule has 0 rings (SSSR count). The molecule has 0 bridgehead atoms. The predicted octanol–water partition coefficient (Wildman–Crippen LogP) is 0.280. The summed E-state index contributed by atoms with van der Waals surface area (Å²) in [5.41, 5.74) is 0. The predicted molar refractivity (Wildman–Crippen MR) is 22.9 cm³/mol. The molecule has 0 radical (unpaired) electrons. The molecule has 4 heavy (non-hydrogen) atoms. The van der Waals surface area contributed by atoms with E-state index in [1.54, 1.807) is 0 Å². The summed E-state index contributed by atoms with van der Waals surface area (Å²) < 4.78 is 7.83. The molecule has 0 atom stereocenters. The summed E-state index contributed by atoms with van der Waals surface area (Å²) >= 11 is 6.67. The van der Waals surface area contributed by atoms with Crippen LogP contribution in [0.15, 0.2) is 0 Å². The smallest absolute Gasteiger partial charge is 0.197 e. The van der Waals surface area contributed by atoms with Crippen LogP contribution in [0.4, 0.5) is 0 Å². The van der Waals surface area contributed by atoms with Gasteiger partial charge in [-0.25, -0.2) is 0 Å². The van der Waals surface area contributed by atoms with Gasteiger partial charge < -0.3 is 0 Å². The van der Waals surface area contributed by atoms with E-state index in [1.807, 2.05) is 0 Å². The van der Waals surface area contributed by atoms with Crippen LogP contribution in [-0.4, -0.2) is 10.1 Å². The molecule has 0 saturated heterocycles. The molecule has 1 nitrogen and oxygen atoms in total. The Bertz CT molecular complexity index is 8.00. The number of hydrogen-bond acceptors (Lipinski definition) is 3. The van der Waals surface area contributed by atoms with E-state index >= 15 is 0 Å². The highest BCUT2D eigenvalue weighted by molar-refractivity contribution is 7.77. The average Bonchev–Trinajstić information content (AvgIpc) is 1.50. The Kier molecular flexibility index (Phi) is 2550. The highest BCUT2D eigenvalue weighted by Crippen LogP contribution is 1.03. The number of thiocarbonyl (C=S) groups is 1. The monoisotopic (exact) mass is 94.0 g/mol. The first kappa shape index (κ1) is 8.93. The maximum Gasteiger partial charge on any atom is 0.197 e. The van der Waals surface area contributed by atoms with Gasteiger partial charge in [0.2, 0.25) is 0 Å². The van der Waals surface area contributed by atoms with Crippen molar-refractivity contribution in [2.24, 2.45) is 0 Å². The lowest BCUT2D eigenvalue weighted by Crippen LogP contribution is -0.894. The minimum atomic E-state index is 2.83. The quantitative estimate of drug-likeness (QED) is 0.401. The van der Waals surface area contributed by atoms with Crippen molar-refractivity contribution in [1.29, 1.82) is 0 Å². The van der Waals surface area contributed by atoms with Gasteiger partial charge in [-0.2, -0.15) is 4.21 Å². The molecule has 0 unspecified atom stereocenters. The van der Waals surface area contributed by atoms with Gasteiger partial charge in [-0.15, -0.1) is 0 Å². The van der Waals surface area contributed by atoms with E-state index in [9.17, 15) is 0 Å². The highest BCUT2D eigenvalue weighted by Gasteiger charge is 0.734. The summed E-state index contributed by atoms with van der Waals surface area (Å²) in [5, 5.41) is 0. The molecule has 0 spiro atoms. The molecule has 0 amide bonds. The van der Waals surface area contributed by atoms with Crippen LogP contribution in [0.3, 0.4) is 0 Å².